The minimum atomic E-state index is -4.08. The number of anilines is 1. The van der Waals surface area contributed by atoms with Crippen molar-refractivity contribution in [1.82, 2.24) is 19.5 Å². The molecule has 12 nitrogen and oxygen atoms in total. The summed E-state index contributed by atoms with van der Waals surface area (Å²) in [6.07, 6.45) is 2.16. The van der Waals surface area contributed by atoms with Crippen LogP contribution in [-0.4, -0.2) is 62.3 Å². The van der Waals surface area contributed by atoms with E-state index in [1.54, 1.807) is 4.57 Å². The number of nitrogens with zero attached hydrogens (tertiary/aromatic N) is 4. The van der Waals surface area contributed by atoms with Crippen LogP contribution in [-0.2, 0) is 27.6 Å². The molecule has 2 aliphatic rings. The van der Waals surface area contributed by atoms with E-state index in [0.717, 1.165) is 5.56 Å². The van der Waals surface area contributed by atoms with Gasteiger partial charge in [0.1, 0.15) is 41.5 Å². The SMILES string of the molecule is CCC1(CC)C=C(c2ccccc2)OP(=O)(OC[C@H]2O[C@@H](n3cnc4c(N)ncnc43)C(OC)C2O)O1. The zero-order valence-corrected chi connectivity index (χ0v) is 21.7. The molecule has 4 heterocycles. The van der Waals surface area contributed by atoms with E-state index in [1.165, 1.54) is 19.8 Å². The van der Waals surface area contributed by atoms with Crippen LogP contribution in [0.15, 0.2) is 49.1 Å². The molecule has 0 bridgehead atoms. The van der Waals surface area contributed by atoms with Crippen LogP contribution in [0.3, 0.4) is 0 Å². The quantitative estimate of drug-likeness (QED) is 0.411. The maximum Gasteiger partial charge on any atom is 0.531 e. The molecule has 37 heavy (non-hydrogen) atoms. The van der Waals surface area contributed by atoms with Crippen molar-refractivity contribution in [3.63, 3.8) is 0 Å². The lowest BCUT2D eigenvalue weighted by molar-refractivity contribution is -0.0610. The molecule has 198 valence electrons. The minimum absolute atomic E-state index is 0.221. The van der Waals surface area contributed by atoms with Crippen LogP contribution >= 0.6 is 7.82 Å². The molecule has 0 amide bonds. The Morgan fingerprint density at radius 1 is 1.19 bits per heavy atom. The Balaban J connectivity index is 1.37. The van der Waals surface area contributed by atoms with Crippen molar-refractivity contribution in [3.05, 3.63) is 54.6 Å². The molecular formula is C24H30N5O7P. The van der Waals surface area contributed by atoms with Gasteiger partial charge in [-0.15, -0.1) is 0 Å². The van der Waals surface area contributed by atoms with Crippen LogP contribution in [0.2, 0.25) is 0 Å². The molecule has 5 rings (SSSR count). The number of fused-ring (bicyclic) bond motifs is 1. The minimum Gasteiger partial charge on any atom is -0.404 e. The highest BCUT2D eigenvalue weighted by molar-refractivity contribution is 7.49. The fourth-order valence-corrected chi connectivity index (χ4v) is 6.21. The molecule has 1 aromatic carbocycles. The van der Waals surface area contributed by atoms with E-state index in [2.05, 4.69) is 15.0 Å². The predicted octanol–water partition coefficient (Wildman–Crippen LogP) is 3.45. The maximum absolute atomic E-state index is 13.8. The average Bonchev–Trinajstić information content (AvgIpc) is 3.49. The van der Waals surface area contributed by atoms with Crippen molar-refractivity contribution in [1.29, 1.82) is 0 Å². The molecule has 3 aromatic rings. The number of methoxy groups -OCH3 is 1. The van der Waals surface area contributed by atoms with Gasteiger partial charge in [0.25, 0.3) is 0 Å². The fourth-order valence-electron chi connectivity index (χ4n) is 4.58. The largest absolute Gasteiger partial charge is 0.531 e. The third kappa shape index (κ3) is 4.76. The highest BCUT2D eigenvalue weighted by Gasteiger charge is 2.49. The number of aliphatic hydroxyl groups is 1. The van der Waals surface area contributed by atoms with Gasteiger partial charge in [0.2, 0.25) is 0 Å². The Bertz CT molecular complexity index is 1330. The third-order valence-corrected chi connectivity index (χ3v) is 8.27. The monoisotopic (exact) mass is 531 g/mol. The molecule has 0 aliphatic carbocycles. The summed E-state index contributed by atoms with van der Waals surface area (Å²) in [5.41, 5.74) is 6.65. The maximum atomic E-state index is 13.8. The number of benzene rings is 1. The van der Waals surface area contributed by atoms with Gasteiger partial charge in [0.05, 0.1) is 12.9 Å². The summed E-state index contributed by atoms with van der Waals surface area (Å²) in [5, 5.41) is 11.0. The first kappa shape index (κ1) is 25.8. The van der Waals surface area contributed by atoms with E-state index in [4.69, 9.17) is 28.8 Å². The lowest BCUT2D eigenvalue weighted by Crippen LogP contribution is -2.36. The number of hydrogen-bond donors (Lipinski definition) is 2. The first-order valence-corrected chi connectivity index (χ1v) is 13.5. The summed E-state index contributed by atoms with van der Waals surface area (Å²) >= 11 is 0. The van der Waals surface area contributed by atoms with E-state index < -0.39 is 38.0 Å². The van der Waals surface area contributed by atoms with E-state index >= 15 is 0 Å². The van der Waals surface area contributed by atoms with Crippen molar-refractivity contribution in [2.24, 2.45) is 0 Å². The average molecular weight is 532 g/mol. The van der Waals surface area contributed by atoms with Crippen LogP contribution in [0.5, 0.6) is 0 Å². The topological polar surface area (TPSA) is 153 Å². The Kier molecular flexibility index (Phi) is 7.06. The van der Waals surface area contributed by atoms with Gasteiger partial charge < -0.3 is 24.8 Å². The first-order valence-electron chi connectivity index (χ1n) is 12.0. The second-order valence-electron chi connectivity index (χ2n) is 8.91. The van der Waals surface area contributed by atoms with Crippen LogP contribution < -0.4 is 5.73 Å². The number of aromatic nitrogens is 4. The smallest absolute Gasteiger partial charge is 0.404 e. The van der Waals surface area contributed by atoms with Gasteiger partial charge in [0.15, 0.2) is 17.7 Å². The van der Waals surface area contributed by atoms with Crippen LogP contribution in [0.1, 0.15) is 38.5 Å². The Morgan fingerprint density at radius 2 is 1.95 bits per heavy atom. The van der Waals surface area contributed by atoms with Crippen LogP contribution in [0.4, 0.5) is 5.82 Å². The van der Waals surface area contributed by atoms with Crippen molar-refractivity contribution < 1.29 is 32.7 Å². The fraction of sp³-hybridized carbons (Fsp3) is 0.458. The van der Waals surface area contributed by atoms with Gasteiger partial charge in [-0.05, 0) is 18.9 Å². The predicted molar refractivity (Wildman–Crippen MR) is 134 cm³/mol. The standard InChI is InChI=1S/C24H30N5O7P/c1-4-24(5-2)11-16(15-9-7-6-8-10-15)35-37(31,36-24)33-12-17-19(30)20(32-3)23(34-17)29-14-28-18-21(25)26-13-27-22(18)29/h6-11,13-14,17,19-20,23,30H,4-5,12H2,1-3H3,(H2,25,26,27)/t17-,19?,20?,23-,37?/m1/s1. The summed E-state index contributed by atoms with van der Waals surface area (Å²) in [6.45, 7) is 3.62. The highest BCUT2D eigenvalue weighted by atomic mass is 31.2. The number of rotatable bonds is 8. The van der Waals surface area contributed by atoms with E-state index in [0.29, 0.717) is 29.8 Å². The van der Waals surface area contributed by atoms with E-state index in [9.17, 15) is 9.67 Å². The molecule has 13 heteroatoms. The molecular weight excluding hydrogens is 501 g/mol. The summed E-state index contributed by atoms with van der Waals surface area (Å²) in [7, 11) is -2.62. The van der Waals surface area contributed by atoms with Gasteiger partial charge in [0, 0.05) is 12.7 Å². The van der Waals surface area contributed by atoms with Crippen molar-refractivity contribution in [2.45, 2.75) is 56.8 Å². The van der Waals surface area contributed by atoms with Crippen LogP contribution in [0.25, 0.3) is 16.9 Å². The number of nitrogen functional groups attached to an aromatic ring is 1. The van der Waals surface area contributed by atoms with E-state index in [1.807, 2.05) is 50.3 Å². The van der Waals surface area contributed by atoms with Gasteiger partial charge in [-0.2, -0.15) is 0 Å². The molecule has 1 fully saturated rings. The molecule has 0 radical (unpaired) electrons. The Labute approximate surface area is 214 Å². The van der Waals surface area contributed by atoms with Gasteiger partial charge in [-0.1, -0.05) is 44.2 Å². The van der Waals surface area contributed by atoms with Gasteiger partial charge >= 0.3 is 7.82 Å². The lowest BCUT2D eigenvalue weighted by Gasteiger charge is -2.37. The molecule has 3 unspecified atom stereocenters. The summed E-state index contributed by atoms with van der Waals surface area (Å²) in [5.74, 6) is 0.639. The first-order chi connectivity index (χ1) is 17.8. The normalized spacial score (nSPS) is 29.2. The number of nitrogens with two attached hydrogens (primary N) is 1. The Morgan fingerprint density at radius 3 is 2.65 bits per heavy atom. The second-order valence-corrected chi connectivity index (χ2v) is 10.4. The molecule has 0 saturated carbocycles. The molecule has 3 N–H and O–H groups in total. The number of imidazole rings is 1. The zero-order valence-electron chi connectivity index (χ0n) is 20.8. The number of phosphoric ester groups is 1. The van der Waals surface area contributed by atoms with Crippen molar-refractivity contribution >= 4 is 30.6 Å². The molecule has 5 atom stereocenters. The van der Waals surface area contributed by atoms with Crippen molar-refractivity contribution in [2.75, 3.05) is 19.5 Å². The Hall–Kier alpha value is -2.86. The molecule has 1 saturated heterocycles. The highest BCUT2D eigenvalue weighted by Crippen LogP contribution is 2.60. The van der Waals surface area contributed by atoms with E-state index in [-0.39, 0.29) is 12.4 Å². The molecule has 2 aliphatic heterocycles. The molecule has 0 spiro atoms. The number of phosphoric acid groups is 1. The van der Waals surface area contributed by atoms with Crippen molar-refractivity contribution in [3.8, 4) is 0 Å². The van der Waals surface area contributed by atoms with Gasteiger partial charge in [-0.25, -0.2) is 19.5 Å². The summed E-state index contributed by atoms with van der Waals surface area (Å²) in [6, 6.07) is 9.35. The number of ether oxygens (including phenoxy) is 2. The lowest BCUT2D eigenvalue weighted by atomic mass is 9.95. The zero-order chi connectivity index (χ0) is 26.2. The van der Waals surface area contributed by atoms with Crippen LogP contribution in [0, 0.1) is 0 Å². The number of aliphatic hydroxyl groups excluding tert-OH is 1. The third-order valence-electron chi connectivity index (χ3n) is 6.80. The van der Waals surface area contributed by atoms with Gasteiger partial charge in [-0.3, -0.25) is 13.6 Å². The number of hydrogen-bond acceptors (Lipinski definition) is 11. The second kappa shape index (κ2) is 10.1. The summed E-state index contributed by atoms with van der Waals surface area (Å²) in [4.78, 5) is 12.4. The summed E-state index contributed by atoms with van der Waals surface area (Å²) < 4.78 is 44.5. The molecule has 2 aromatic heterocycles.